The van der Waals surface area contributed by atoms with Gasteiger partial charge in [-0.15, -0.1) is 11.3 Å². The molecule has 27 heavy (non-hydrogen) atoms. The van der Waals surface area contributed by atoms with Crippen molar-refractivity contribution in [3.05, 3.63) is 76.6 Å². The quantitative estimate of drug-likeness (QED) is 0.488. The molecule has 0 aliphatic carbocycles. The molecule has 0 saturated carbocycles. The van der Waals surface area contributed by atoms with Crippen molar-refractivity contribution in [1.82, 2.24) is 19.3 Å². The number of carbonyl (C=O) groups is 1. The number of thiazole rings is 1. The van der Waals surface area contributed by atoms with Gasteiger partial charge in [-0.3, -0.25) is 14.2 Å². The van der Waals surface area contributed by atoms with Crippen molar-refractivity contribution in [2.24, 2.45) is 0 Å². The van der Waals surface area contributed by atoms with Crippen LogP contribution in [0.25, 0.3) is 16.2 Å². The lowest BCUT2D eigenvalue weighted by Crippen LogP contribution is -2.31. The molecule has 4 rings (SSSR count). The van der Waals surface area contributed by atoms with Crippen LogP contribution in [0.2, 0.25) is 5.02 Å². The fourth-order valence-electron chi connectivity index (χ4n) is 2.87. The first-order valence-electron chi connectivity index (χ1n) is 8.57. The second kappa shape index (κ2) is 7.50. The van der Waals surface area contributed by atoms with Gasteiger partial charge in [-0.2, -0.15) is 0 Å². The summed E-state index contributed by atoms with van der Waals surface area (Å²) in [4.78, 5) is 24.6. The van der Waals surface area contributed by atoms with Crippen LogP contribution in [0.3, 0.4) is 0 Å². The summed E-state index contributed by atoms with van der Waals surface area (Å²) in [5.41, 5.74) is 3.27. The van der Waals surface area contributed by atoms with Crippen LogP contribution in [0.15, 0.2) is 60.2 Å². The van der Waals surface area contributed by atoms with Gasteiger partial charge in [0.1, 0.15) is 5.69 Å². The highest BCUT2D eigenvalue weighted by molar-refractivity contribution is 7.15. The number of benzene rings is 1. The third-order valence-corrected chi connectivity index (χ3v) is 5.41. The topological polar surface area (TPSA) is 50.5 Å². The third-order valence-electron chi connectivity index (χ3n) is 4.32. The van der Waals surface area contributed by atoms with Gasteiger partial charge < -0.3 is 4.90 Å². The molecule has 3 heterocycles. The highest BCUT2D eigenvalue weighted by Gasteiger charge is 2.20. The van der Waals surface area contributed by atoms with E-state index in [0.29, 0.717) is 23.8 Å². The minimum Gasteiger partial charge on any atom is -0.332 e. The molecule has 0 fully saturated rings. The van der Waals surface area contributed by atoms with Crippen molar-refractivity contribution in [3.63, 3.8) is 0 Å². The Balaban J connectivity index is 1.64. The van der Waals surface area contributed by atoms with Gasteiger partial charge in [0.2, 0.25) is 0 Å². The predicted molar refractivity (Wildman–Crippen MR) is 108 cm³/mol. The van der Waals surface area contributed by atoms with E-state index >= 15 is 0 Å². The molecule has 0 bridgehead atoms. The SMILES string of the molecule is CCN(Cc1ccccn1)C(=O)c1csc2nc(-c3ccc(Cl)cc3)cn12. The van der Waals surface area contributed by atoms with E-state index in [-0.39, 0.29) is 5.91 Å². The maximum absolute atomic E-state index is 13.1. The molecule has 0 saturated heterocycles. The van der Waals surface area contributed by atoms with Gasteiger partial charge in [-0.1, -0.05) is 29.8 Å². The first kappa shape index (κ1) is 17.7. The van der Waals surface area contributed by atoms with Gasteiger partial charge in [-0.05, 0) is 31.2 Å². The van der Waals surface area contributed by atoms with Crippen molar-refractivity contribution in [2.75, 3.05) is 6.54 Å². The molecule has 0 atom stereocenters. The lowest BCUT2D eigenvalue weighted by atomic mass is 10.2. The standard InChI is InChI=1S/C20H17ClN4OS/c1-2-24(11-16-5-3-4-10-22-16)19(26)18-13-27-20-23-17(12-25(18)20)14-6-8-15(21)9-7-14/h3-10,12-13H,2,11H2,1H3. The van der Waals surface area contributed by atoms with Gasteiger partial charge in [0.15, 0.2) is 4.96 Å². The average Bonchev–Trinajstić information content (AvgIpc) is 3.28. The lowest BCUT2D eigenvalue weighted by Gasteiger charge is -2.20. The monoisotopic (exact) mass is 396 g/mol. The fourth-order valence-corrected chi connectivity index (χ4v) is 3.85. The van der Waals surface area contributed by atoms with Gasteiger partial charge in [0.25, 0.3) is 5.91 Å². The van der Waals surface area contributed by atoms with E-state index in [2.05, 4.69) is 9.97 Å². The largest absolute Gasteiger partial charge is 0.332 e. The Morgan fingerprint density at radius 2 is 2.04 bits per heavy atom. The number of hydrogen-bond donors (Lipinski definition) is 0. The van der Waals surface area contributed by atoms with E-state index < -0.39 is 0 Å². The molecule has 0 radical (unpaired) electrons. The number of carbonyl (C=O) groups excluding carboxylic acids is 1. The van der Waals surface area contributed by atoms with Crippen molar-refractivity contribution in [3.8, 4) is 11.3 Å². The van der Waals surface area contributed by atoms with E-state index in [9.17, 15) is 4.79 Å². The van der Waals surface area contributed by atoms with Crippen LogP contribution in [-0.2, 0) is 6.54 Å². The second-order valence-electron chi connectivity index (χ2n) is 6.05. The summed E-state index contributed by atoms with van der Waals surface area (Å²) in [6.07, 6.45) is 3.64. The first-order chi connectivity index (χ1) is 13.2. The van der Waals surface area contributed by atoms with E-state index in [1.807, 2.05) is 65.4 Å². The van der Waals surface area contributed by atoms with E-state index in [1.165, 1.54) is 11.3 Å². The predicted octanol–water partition coefficient (Wildman–Crippen LogP) is 4.77. The van der Waals surface area contributed by atoms with E-state index in [4.69, 9.17) is 11.6 Å². The normalized spacial score (nSPS) is 11.0. The molecule has 1 amide bonds. The maximum Gasteiger partial charge on any atom is 0.272 e. The molecule has 4 aromatic rings. The number of imidazole rings is 1. The minimum absolute atomic E-state index is 0.0329. The van der Waals surface area contributed by atoms with Crippen molar-refractivity contribution in [1.29, 1.82) is 0 Å². The summed E-state index contributed by atoms with van der Waals surface area (Å²) in [5, 5.41) is 2.54. The van der Waals surface area contributed by atoms with E-state index in [0.717, 1.165) is 21.9 Å². The smallest absolute Gasteiger partial charge is 0.272 e. The molecule has 0 aliphatic rings. The summed E-state index contributed by atoms with van der Waals surface area (Å²) < 4.78 is 1.86. The van der Waals surface area contributed by atoms with Crippen LogP contribution >= 0.6 is 22.9 Å². The molecule has 0 aliphatic heterocycles. The molecule has 0 unspecified atom stereocenters. The minimum atomic E-state index is -0.0329. The molecule has 3 aromatic heterocycles. The number of amides is 1. The van der Waals surface area contributed by atoms with Crippen LogP contribution in [-0.4, -0.2) is 31.7 Å². The molecule has 7 heteroatoms. The molecule has 5 nitrogen and oxygen atoms in total. The van der Waals surface area contributed by atoms with Gasteiger partial charge >= 0.3 is 0 Å². The summed E-state index contributed by atoms with van der Waals surface area (Å²) in [6, 6.07) is 13.2. The number of aromatic nitrogens is 3. The Labute approximate surface area is 165 Å². The van der Waals surface area contributed by atoms with Crippen LogP contribution in [0.4, 0.5) is 0 Å². The van der Waals surface area contributed by atoms with Gasteiger partial charge in [0.05, 0.1) is 17.9 Å². The molecule has 0 N–H and O–H groups in total. The zero-order valence-corrected chi connectivity index (χ0v) is 16.2. The Morgan fingerprint density at radius 3 is 2.74 bits per heavy atom. The lowest BCUT2D eigenvalue weighted by molar-refractivity contribution is 0.0744. The summed E-state index contributed by atoms with van der Waals surface area (Å²) in [7, 11) is 0. The second-order valence-corrected chi connectivity index (χ2v) is 7.32. The summed E-state index contributed by atoms with van der Waals surface area (Å²) in [6.45, 7) is 3.05. The van der Waals surface area contributed by atoms with Gasteiger partial charge in [-0.25, -0.2) is 4.98 Å². The number of rotatable bonds is 5. The zero-order valence-electron chi connectivity index (χ0n) is 14.7. The molecular weight excluding hydrogens is 380 g/mol. The summed E-state index contributed by atoms with van der Waals surface area (Å²) >= 11 is 7.42. The highest BCUT2D eigenvalue weighted by Crippen LogP contribution is 2.25. The van der Waals surface area contributed by atoms with Crippen LogP contribution < -0.4 is 0 Å². The van der Waals surface area contributed by atoms with Crippen LogP contribution in [0, 0.1) is 0 Å². The van der Waals surface area contributed by atoms with Crippen molar-refractivity contribution >= 4 is 33.8 Å². The number of halogens is 1. The Bertz CT molecular complexity index is 1070. The molecule has 136 valence electrons. The average molecular weight is 397 g/mol. The van der Waals surface area contributed by atoms with Gasteiger partial charge in [0, 0.05) is 34.9 Å². The maximum atomic E-state index is 13.1. The Hall–Kier alpha value is -2.70. The van der Waals surface area contributed by atoms with E-state index in [1.54, 1.807) is 11.1 Å². The van der Waals surface area contributed by atoms with Crippen LogP contribution in [0.1, 0.15) is 23.1 Å². The number of nitrogens with zero attached hydrogens (tertiary/aromatic N) is 4. The number of fused-ring (bicyclic) bond motifs is 1. The highest BCUT2D eigenvalue weighted by atomic mass is 35.5. The fraction of sp³-hybridized carbons (Fsp3) is 0.150. The number of hydrogen-bond acceptors (Lipinski definition) is 4. The van der Waals surface area contributed by atoms with Crippen LogP contribution in [0.5, 0.6) is 0 Å². The zero-order chi connectivity index (χ0) is 18.8. The molecule has 0 spiro atoms. The summed E-state index contributed by atoms with van der Waals surface area (Å²) in [5.74, 6) is -0.0329. The Kier molecular flexibility index (Phi) is 4.92. The molecule has 1 aromatic carbocycles. The van der Waals surface area contributed by atoms with Crippen molar-refractivity contribution < 1.29 is 4.79 Å². The molecular formula is C20H17ClN4OS. The first-order valence-corrected chi connectivity index (χ1v) is 9.83. The third kappa shape index (κ3) is 3.59. The Morgan fingerprint density at radius 1 is 1.22 bits per heavy atom. The van der Waals surface area contributed by atoms with Crippen molar-refractivity contribution in [2.45, 2.75) is 13.5 Å². The number of pyridine rings is 1.